The zero-order chi connectivity index (χ0) is 23.4. The maximum absolute atomic E-state index is 13.0. The fraction of sp³-hybridized carbons (Fsp3) is 0.0800. The van der Waals surface area contributed by atoms with Crippen LogP contribution in [0.25, 0.3) is 6.08 Å². The fourth-order valence-electron chi connectivity index (χ4n) is 3.20. The van der Waals surface area contributed by atoms with E-state index in [-0.39, 0.29) is 5.57 Å². The molecule has 1 heterocycles. The Morgan fingerprint density at radius 1 is 0.879 bits per heavy atom. The highest BCUT2D eigenvalue weighted by atomic mass is 35.5. The lowest BCUT2D eigenvalue weighted by molar-refractivity contribution is -0.122. The van der Waals surface area contributed by atoms with E-state index in [9.17, 15) is 14.4 Å². The predicted molar refractivity (Wildman–Crippen MR) is 124 cm³/mol. The molecule has 0 spiro atoms. The summed E-state index contributed by atoms with van der Waals surface area (Å²) in [7, 11) is 1.54. The van der Waals surface area contributed by atoms with Gasteiger partial charge in [0.25, 0.3) is 11.8 Å². The van der Waals surface area contributed by atoms with Crippen molar-refractivity contribution in [2.45, 2.75) is 6.61 Å². The lowest BCUT2D eigenvalue weighted by atomic mass is 10.1. The lowest BCUT2D eigenvalue weighted by Crippen LogP contribution is -2.54. The van der Waals surface area contributed by atoms with Gasteiger partial charge >= 0.3 is 6.03 Å². The molecule has 7 nitrogen and oxygen atoms in total. The molecule has 0 aromatic heterocycles. The first-order valence-electron chi connectivity index (χ1n) is 9.97. The Bertz CT molecular complexity index is 1220. The minimum absolute atomic E-state index is 0.150. The minimum atomic E-state index is -0.813. The number of hydrogen-bond acceptors (Lipinski definition) is 5. The fourth-order valence-corrected chi connectivity index (χ4v) is 3.32. The average Bonchev–Trinajstić information content (AvgIpc) is 2.82. The van der Waals surface area contributed by atoms with E-state index in [4.69, 9.17) is 21.1 Å². The Hall–Kier alpha value is -4.10. The van der Waals surface area contributed by atoms with Gasteiger partial charge in [-0.3, -0.25) is 14.9 Å². The number of halogens is 1. The van der Waals surface area contributed by atoms with E-state index in [1.807, 2.05) is 12.1 Å². The molecular formula is C25H19ClN2O5. The molecule has 1 saturated heterocycles. The standard InChI is InChI=1S/C25H19ClN2O5/c1-32-20-10-4-16(5-11-20)14-22-23(29)27-25(31)28(24(22)30)19-8-12-21(13-9-19)33-15-17-2-6-18(26)7-3-17/h2-14H,15H2,1H3,(H,27,29,31)/b22-14-. The van der Waals surface area contributed by atoms with Crippen molar-refractivity contribution in [1.29, 1.82) is 0 Å². The summed E-state index contributed by atoms with van der Waals surface area (Å²) in [5.74, 6) is -0.259. The highest BCUT2D eigenvalue weighted by Gasteiger charge is 2.36. The van der Waals surface area contributed by atoms with Gasteiger partial charge in [-0.2, -0.15) is 0 Å². The Labute approximate surface area is 195 Å². The summed E-state index contributed by atoms with van der Waals surface area (Å²) < 4.78 is 10.9. The van der Waals surface area contributed by atoms with Gasteiger partial charge in [-0.25, -0.2) is 9.69 Å². The molecule has 3 aromatic rings. The molecule has 33 heavy (non-hydrogen) atoms. The van der Waals surface area contributed by atoms with Gasteiger partial charge in [-0.05, 0) is 65.7 Å². The summed E-state index contributed by atoms with van der Waals surface area (Å²) in [6.45, 7) is 0.336. The van der Waals surface area contributed by atoms with Crippen LogP contribution in [0.5, 0.6) is 11.5 Å². The lowest BCUT2D eigenvalue weighted by Gasteiger charge is -2.26. The molecule has 1 fully saturated rings. The molecule has 1 aliphatic heterocycles. The molecule has 1 aliphatic rings. The second-order valence-corrected chi connectivity index (χ2v) is 7.58. The number of carbonyl (C=O) groups excluding carboxylic acids is 3. The molecule has 0 saturated carbocycles. The monoisotopic (exact) mass is 462 g/mol. The Kier molecular flexibility index (Phi) is 6.42. The average molecular weight is 463 g/mol. The molecule has 0 bridgehead atoms. The third-order valence-corrected chi connectivity index (χ3v) is 5.19. The largest absolute Gasteiger partial charge is 0.497 e. The number of rotatable bonds is 6. The number of hydrogen-bond donors (Lipinski definition) is 1. The molecule has 0 radical (unpaired) electrons. The van der Waals surface area contributed by atoms with Crippen molar-refractivity contribution in [2.24, 2.45) is 0 Å². The van der Waals surface area contributed by atoms with E-state index < -0.39 is 17.8 Å². The van der Waals surface area contributed by atoms with E-state index in [1.54, 1.807) is 67.8 Å². The first-order valence-corrected chi connectivity index (χ1v) is 10.4. The van der Waals surface area contributed by atoms with E-state index >= 15 is 0 Å². The van der Waals surface area contributed by atoms with E-state index in [0.717, 1.165) is 10.5 Å². The van der Waals surface area contributed by atoms with E-state index in [1.165, 1.54) is 6.08 Å². The van der Waals surface area contributed by atoms with Crippen molar-refractivity contribution >= 4 is 41.2 Å². The number of amides is 4. The van der Waals surface area contributed by atoms with Crippen molar-refractivity contribution < 1.29 is 23.9 Å². The maximum atomic E-state index is 13.0. The molecule has 0 atom stereocenters. The summed E-state index contributed by atoms with van der Waals surface area (Å²) in [4.78, 5) is 38.6. The van der Waals surface area contributed by atoms with Crippen molar-refractivity contribution in [2.75, 3.05) is 12.0 Å². The molecule has 8 heteroatoms. The van der Waals surface area contributed by atoms with Crippen LogP contribution in [-0.4, -0.2) is 25.0 Å². The van der Waals surface area contributed by atoms with Gasteiger partial charge in [-0.15, -0.1) is 0 Å². The molecule has 3 aromatic carbocycles. The number of ether oxygens (including phenoxy) is 2. The van der Waals surface area contributed by atoms with Gasteiger partial charge in [0.05, 0.1) is 12.8 Å². The number of nitrogens with zero attached hydrogens (tertiary/aromatic N) is 1. The number of barbiturate groups is 1. The smallest absolute Gasteiger partial charge is 0.335 e. The zero-order valence-electron chi connectivity index (χ0n) is 17.6. The first-order chi connectivity index (χ1) is 15.9. The molecule has 4 rings (SSSR count). The SMILES string of the molecule is COc1ccc(/C=C2/C(=O)NC(=O)N(c3ccc(OCc4ccc(Cl)cc4)cc3)C2=O)cc1. The summed E-state index contributed by atoms with van der Waals surface area (Å²) in [6.07, 6.45) is 1.43. The van der Waals surface area contributed by atoms with Gasteiger partial charge in [0, 0.05) is 5.02 Å². The second kappa shape index (κ2) is 9.58. The van der Waals surface area contributed by atoms with Crippen LogP contribution in [0.1, 0.15) is 11.1 Å². The van der Waals surface area contributed by atoms with Gasteiger partial charge in [0.15, 0.2) is 0 Å². The molecule has 1 N–H and O–H groups in total. The summed E-state index contributed by atoms with van der Waals surface area (Å²) >= 11 is 5.88. The van der Waals surface area contributed by atoms with E-state index in [0.29, 0.717) is 34.4 Å². The van der Waals surface area contributed by atoms with Crippen molar-refractivity contribution in [3.05, 3.63) is 94.5 Å². The van der Waals surface area contributed by atoms with Crippen LogP contribution in [-0.2, 0) is 16.2 Å². The maximum Gasteiger partial charge on any atom is 0.335 e. The molecule has 4 amide bonds. The Balaban J connectivity index is 1.51. The van der Waals surface area contributed by atoms with Crippen LogP contribution in [0, 0.1) is 0 Å². The van der Waals surface area contributed by atoms with Gasteiger partial charge in [0.1, 0.15) is 23.7 Å². The highest BCUT2D eigenvalue weighted by Crippen LogP contribution is 2.25. The van der Waals surface area contributed by atoms with Crippen LogP contribution < -0.4 is 19.7 Å². The number of benzene rings is 3. The number of nitrogens with one attached hydrogen (secondary N) is 1. The van der Waals surface area contributed by atoms with Crippen LogP contribution in [0.15, 0.2) is 78.4 Å². The molecule has 166 valence electrons. The quantitative estimate of drug-likeness (QED) is 0.427. The number of urea groups is 1. The van der Waals surface area contributed by atoms with Crippen LogP contribution in [0.2, 0.25) is 5.02 Å². The highest BCUT2D eigenvalue weighted by molar-refractivity contribution is 6.39. The molecule has 0 unspecified atom stereocenters. The topological polar surface area (TPSA) is 84.9 Å². The third kappa shape index (κ3) is 5.05. The van der Waals surface area contributed by atoms with Crippen molar-refractivity contribution in [3.63, 3.8) is 0 Å². The van der Waals surface area contributed by atoms with Crippen LogP contribution in [0.4, 0.5) is 10.5 Å². The zero-order valence-corrected chi connectivity index (χ0v) is 18.3. The van der Waals surface area contributed by atoms with Crippen molar-refractivity contribution in [3.8, 4) is 11.5 Å². The third-order valence-electron chi connectivity index (χ3n) is 4.94. The minimum Gasteiger partial charge on any atom is -0.497 e. The predicted octanol–water partition coefficient (Wildman–Crippen LogP) is 4.59. The van der Waals surface area contributed by atoms with Crippen molar-refractivity contribution in [1.82, 2.24) is 5.32 Å². The first kappa shape index (κ1) is 22.1. The Morgan fingerprint density at radius 3 is 2.15 bits per heavy atom. The summed E-state index contributed by atoms with van der Waals surface area (Å²) in [6, 6.07) is 19.8. The van der Waals surface area contributed by atoms with Crippen LogP contribution in [0.3, 0.4) is 0 Å². The molecule has 0 aliphatic carbocycles. The molecular weight excluding hydrogens is 444 g/mol. The van der Waals surface area contributed by atoms with E-state index in [2.05, 4.69) is 5.32 Å². The summed E-state index contributed by atoms with van der Waals surface area (Å²) in [5, 5.41) is 2.85. The van der Waals surface area contributed by atoms with Gasteiger partial charge in [0.2, 0.25) is 0 Å². The number of methoxy groups -OCH3 is 1. The van der Waals surface area contributed by atoms with Gasteiger partial charge in [-0.1, -0.05) is 35.9 Å². The number of carbonyl (C=O) groups is 3. The van der Waals surface area contributed by atoms with Crippen LogP contribution >= 0.6 is 11.6 Å². The second-order valence-electron chi connectivity index (χ2n) is 7.14. The summed E-state index contributed by atoms with van der Waals surface area (Å²) in [5.41, 5.74) is 1.72. The number of anilines is 1. The van der Waals surface area contributed by atoms with Gasteiger partial charge < -0.3 is 9.47 Å². The number of imide groups is 2. The normalized spacial score (nSPS) is 14.9. The Morgan fingerprint density at radius 2 is 1.52 bits per heavy atom.